The molecule has 1 aliphatic carbocycles. The lowest BCUT2D eigenvalue weighted by molar-refractivity contribution is 0.0257. The van der Waals surface area contributed by atoms with E-state index in [0.717, 1.165) is 38.1 Å². The SMILES string of the molecule is Oc1ccc2c(c1C1CNCCO1)CCCCC2. The van der Waals surface area contributed by atoms with Crippen LogP contribution in [-0.4, -0.2) is 24.8 Å². The van der Waals surface area contributed by atoms with E-state index in [0.29, 0.717) is 5.75 Å². The maximum atomic E-state index is 10.2. The summed E-state index contributed by atoms with van der Waals surface area (Å²) in [4.78, 5) is 0. The predicted molar refractivity (Wildman–Crippen MR) is 70.9 cm³/mol. The Morgan fingerprint density at radius 3 is 2.89 bits per heavy atom. The van der Waals surface area contributed by atoms with Gasteiger partial charge in [0.15, 0.2) is 0 Å². The van der Waals surface area contributed by atoms with Crippen molar-refractivity contribution in [3.8, 4) is 5.75 Å². The van der Waals surface area contributed by atoms with Gasteiger partial charge in [0.25, 0.3) is 0 Å². The number of hydrogen-bond acceptors (Lipinski definition) is 3. The van der Waals surface area contributed by atoms with Gasteiger partial charge in [-0.05, 0) is 42.9 Å². The number of aryl methyl sites for hydroxylation is 1. The molecule has 3 heteroatoms. The maximum Gasteiger partial charge on any atom is 0.121 e. The van der Waals surface area contributed by atoms with Crippen molar-refractivity contribution in [2.24, 2.45) is 0 Å². The van der Waals surface area contributed by atoms with Gasteiger partial charge in [0.2, 0.25) is 0 Å². The second-order valence-electron chi connectivity index (χ2n) is 5.26. The molecule has 0 aromatic heterocycles. The van der Waals surface area contributed by atoms with E-state index in [1.165, 1.54) is 30.4 Å². The molecule has 1 aromatic carbocycles. The van der Waals surface area contributed by atoms with Crippen molar-refractivity contribution in [1.29, 1.82) is 0 Å². The van der Waals surface area contributed by atoms with Crippen molar-refractivity contribution < 1.29 is 9.84 Å². The van der Waals surface area contributed by atoms with Gasteiger partial charge >= 0.3 is 0 Å². The fourth-order valence-corrected chi connectivity index (χ4v) is 3.13. The first-order chi connectivity index (χ1) is 8.86. The van der Waals surface area contributed by atoms with Crippen LogP contribution in [0.2, 0.25) is 0 Å². The molecule has 1 unspecified atom stereocenters. The van der Waals surface area contributed by atoms with Crippen molar-refractivity contribution in [3.05, 3.63) is 28.8 Å². The van der Waals surface area contributed by atoms with Crippen LogP contribution in [0.15, 0.2) is 12.1 Å². The van der Waals surface area contributed by atoms with Crippen molar-refractivity contribution >= 4 is 0 Å². The first-order valence-corrected chi connectivity index (χ1v) is 7.02. The summed E-state index contributed by atoms with van der Waals surface area (Å²) in [6.07, 6.45) is 6.03. The van der Waals surface area contributed by atoms with Gasteiger partial charge in [-0.1, -0.05) is 12.5 Å². The number of fused-ring (bicyclic) bond motifs is 1. The number of nitrogens with one attached hydrogen (secondary N) is 1. The van der Waals surface area contributed by atoms with E-state index < -0.39 is 0 Å². The molecule has 3 rings (SSSR count). The first kappa shape index (κ1) is 12.0. The van der Waals surface area contributed by atoms with Crippen LogP contribution in [0.5, 0.6) is 5.75 Å². The average Bonchev–Trinajstić information content (AvgIpc) is 2.65. The molecule has 1 heterocycles. The Morgan fingerprint density at radius 2 is 2.06 bits per heavy atom. The van der Waals surface area contributed by atoms with Gasteiger partial charge in [0.05, 0.1) is 12.7 Å². The van der Waals surface area contributed by atoms with E-state index in [2.05, 4.69) is 11.4 Å². The normalized spacial score (nSPS) is 24.3. The molecule has 1 aliphatic heterocycles. The van der Waals surface area contributed by atoms with Crippen LogP contribution < -0.4 is 5.32 Å². The molecule has 1 aromatic rings. The number of rotatable bonds is 1. The van der Waals surface area contributed by atoms with E-state index in [-0.39, 0.29) is 6.10 Å². The molecular weight excluding hydrogens is 226 g/mol. The number of aromatic hydroxyl groups is 1. The summed E-state index contributed by atoms with van der Waals surface area (Å²) in [6, 6.07) is 3.94. The molecule has 2 N–H and O–H groups in total. The zero-order valence-electron chi connectivity index (χ0n) is 10.7. The molecule has 0 bridgehead atoms. The van der Waals surface area contributed by atoms with E-state index in [9.17, 15) is 5.11 Å². The molecule has 18 heavy (non-hydrogen) atoms. The number of benzene rings is 1. The van der Waals surface area contributed by atoms with Crippen LogP contribution in [0.25, 0.3) is 0 Å². The van der Waals surface area contributed by atoms with E-state index in [1.54, 1.807) is 0 Å². The molecule has 0 spiro atoms. The van der Waals surface area contributed by atoms with Gasteiger partial charge in [0.1, 0.15) is 5.75 Å². The van der Waals surface area contributed by atoms with Crippen LogP contribution in [0, 0.1) is 0 Å². The highest BCUT2D eigenvalue weighted by molar-refractivity contribution is 5.46. The molecule has 1 atom stereocenters. The fourth-order valence-electron chi connectivity index (χ4n) is 3.13. The molecule has 1 saturated heterocycles. The zero-order chi connectivity index (χ0) is 12.4. The van der Waals surface area contributed by atoms with Crippen molar-refractivity contribution in [2.45, 2.75) is 38.2 Å². The number of hydrogen-bond donors (Lipinski definition) is 2. The van der Waals surface area contributed by atoms with Gasteiger partial charge < -0.3 is 15.2 Å². The second kappa shape index (κ2) is 5.29. The molecule has 0 saturated carbocycles. The van der Waals surface area contributed by atoms with Crippen LogP contribution in [0.4, 0.5) is 0 Å². The van der Waals surface area contributed by atoms with E-state index >= 15 is 0 Å². The summed E-state index contributed by atoms with van der Waals surface area (Å²) in [6.45, 7) is 2.45. The molecule has 0 amide bonds. The Morgan fingerprint density at radius 1 is 1.17 bits per heavy atom. The Kier molecular flexibility index (Phi) is 3.52. The summed E-state index contributed by atoms with van der Waals surface area (Å²) >= 11 is 0. The Bertz CT molecular complexity index is 425. The third kappa shape index (κ3) is 2.25. The topological polar surface area (TPSA) is 41.5 Å². The van der Waals surface area contributed by atoms with E-state index in [4.69, 9.17) is 4.74 Å². The number of ether oxygens (including phenoxy) is 1. The zero-order valence-corrected chi connectivity index (χ0v) is 10.7. The Hall–Kier alpha value is -1.06. The number of morpholine rings is 1. The minimum absolute atomic E-state index is 0.0202. The van der Waals surface area contributed by atoms with Gasteiger partial charge in [-0.15, -0.1) is 0 Å². The van der Waals surface area contributed by atoms with Crippen molar-refractivity contribution in [3.63, 3.8) is 0 Å². The van der Waals surface area contributed by atoms with Gasteiger partial charge in [-0.25, -0.2) is 0 Å². The van der Waals surface area contributed by atoms with Crippen LogP contribution in [0.1, 0.15) is 42.1 Å². The highest BCUT2D eigenvalue weighted by atomic mass is 16.5. The van der Waals surface area contributed by atoms with Gasteiger partial charge in [0, 0.05) is 18.7 Å². The summed E-state index contributed by atoms with van der Waals surface area (Å²) in [5.41, 5.74) is 3.80. The van der Waals surface area contributed by atoms with Crippen LogP contribution in [0.3, 0.4) is 0 Å². The summed E-state index contributed by atoms with van der Waals surface area (Å²) in [7, 11) is 0. The van der Waals surface area contributed by atoms with Crippen LogP contribution in [-0.2, 0) is 17.6 Å². The summed E-state index contributed by atoms with van der Waals surface area (Å²) < 4.78 is 5.83. The van der Waals surface area contributed by atoms with Crippen LogP contribution >= 0.6 is 0 Å². The van der Waals surface area contributed by atoms with Gasteiger partial charge in [-0.3, -0.25) is 0 Å². The predicted octanol–water partition coefficient (Wildman–Crippen LogP) is 2.32. The summed E-state index contributed by atoms with van der Waals surface area (Å²) in [5.74, 6) is 0.407. The Balaban J connectivity index is 2.00. The molecule has 3 nitrogen and oxygen atoms in total. The summed E-state index contributed by atoms with van der Waals surface area (Å²) in [5, 5.41) is 13.5. The molecule has 1 fully saturated rings. The van der Waals surface area contributed by atoms with E-state index in [1.807, 2.05) is 6.07 Å². The van der Waals surface area contributed by atoms with Crippen molar-refractivity contribution in [1.82, 2.24) is 5.32 Å². The minimum atomic E-state index is 0.0202. The lowest BCUT2D eigenvalue weighted by atomic mass is 9.92. The standard InChI is InChI=1S/C15H21NO2/c17-13-7-6-11-4-2-1-3-5-12(11)15(13)14-10-16-8-9-18-14/h6-7,14,16-17H,1-5,8-10H2. The third-order valence-corrected chi connectivity index (χ3v) is 4.05. The van der Waals surface area contributed by atoms with Gasteiger partial charge in [-0.2, -0.15) is 0 Å². The maximum absolute atomic E-state index is 10.2. The molecule has 2 aliphatic rings. The molecule has 0 radical (unpaired) electrons. The smallest absolute Gasteiger partial charge is 0.121 e. The monoisotopic (exact) mass is 247 g/mol. The lowest BCUT2D eigenvalue weighted by Gasteiger charge is -2.27. The molecular formula is C15H21NO2. The number of phenolic OH excluding ortho intramolecular Hbond substituents is 1. The third-order valence-electron chi connectivity index (χ3n) is 4.05. The quantitative estimate of drug-likeness (QED) is 0.748. The second-order valence-corrected chi connectivity index (χ2v) is 5.26. The lowest BCUT2D eigenvalue weighted by Crippen LogP contribution is -2.34. The number of phenols is 1. The van der Waals surface area contributed by atoms with Crippen molar-refractivity contribution in [2.75, 3.05) is 19.7 Å². The largest absolute Gasteiger partial charge is 0.508 e. The highest BCUT2D eigenvalue weighted by Crippen LogP contribution is 2.35. The molecule has 98 valence electrons. The minimum Gasteiger partial charge on any atom is -0.508 e. The highest BCUT2D eigenvalue weighted by Gasteiger charge is 2.24. The Labute approximate surface area is 108 Å². The fraction of sp³-hybridized carbons (Fsp3) is 0.600. The average molecular weight is 247 g/mol. The first-order valence-electron chi connectivity index (χ1n) is 7.02.